The molecule has 0 bridgehead atoms. The summed E-state index contributed by atoms with van der Waals surface area (Å²) in [7, 11) is 0. The van der Waals surface area contributed by atoms with Gasteiger partial charge in [0, 0.05) is 24.5 Å². The van der Waals surface area contributed by atoms with Crippen molar-refractivity contribution in [2.45, 2.75) is 12.5 Å². The molecule has 1 aliphatic rings. The van der Waals surface area contributed by atoms with Crippen molar-refractivity contribution in [3.05, 3.63) is 85.2 Å². The second kappa shape index (κ2) is 6.01. The Bertz CT molecular complexity index is 934. The number of ether oxygens (including phenoxy) is 1. The van der Waals surface area contributed by atoms with Crippen molar-refractivity contribution >= 4 is 47.8 Å². The molecule has 3 aromatic carbocycles. The smallest absolute Gasteiger partial charge is 0.157 e. The molecule has 1 unspecified atom stereocenters. The first-order chi connectivity index (χ1) is 11.5. The fourth-order valence-electron chi connectivity index (χ4n) is 3.21. The van der Waals surface area contributed by atoms with Gasteiger partial charge in [-0.15, -0.1) is 0 Å². The fraction of sp³-hybridized carbons (Fsp3) is 0.100. The lowest BCUT2D eigenvalue weighted by Crippen LogP contribution is -2.34. The van der Waals surface area contributed by atoms with Crippen LogP contribution in [0, 0.1) is 0 Å². The largest absolute Gasteiger partial charge is 0.477 e. The van der Waals surface area contributed by atoms with Gasteiger partial charge in [0.2, 0.25) is 0 Å². The minimum absolute atomic E-state index is 0.548. The minimum Gasteiger partial charge on any atom is -0.477 e. The van der Waals surface area contributed by atoms with Crippen molar-refractivity contribution in [1.29, 1.82) is 0 Å². The zero-order valence-electron chi connectivity index (χ0n) is 12.8. The summed E-state index contributed by atoms with van der Waals surface area (Å²) in [5.41, 5.74) is 4.06. The van der Waals surface area contributed by atoms with E-state index in [9.17, 15) is 0 Å². The summed E-state index contributed by atoms with van der Waals surface area (Å²) < 4.78 is 9.66. The van der Waals surface area contributed by atoms with E-state index in [1.807, 2.05) is 6.07 Å². The van der Waals surface area contributed by atoms with Crippen LogP contribution in [0.5, 0.6) is 5.75 Å². The number of hydrogen-bond acceptors (Lipinski definition) is 1. The van der Waals surface area contributed by atoms with Crippen molar-refractivity contribution in [3.63, 3.8) is 0 Å². The van der Waals surface area contributed by atoms with Gasteiger partial charge in [-0.25, -0.2) is 0 Å². The maximum absolute atomic E-state index is 6.54. The van der Waals surface area contributed by atoms with Crippen LogP contribution in [0.25, 0.3) is 11.1 Å². The average Bonchev–Trinajstić information content (AvgIpc) is 2.55. The Hall–Kier alpha value is -1.10. The van der Waals surface area contributed by atoms with Crippen molar-refractivity contribution in [2.24, 2.45) is 0 Å². The predicted octanol–water partition coefficient (Wildman–Crippen LogP) is 7.30. The Labute approximate surface area is 166 Å². The van der Waals surface area contributed by atoms with Gasteiger partial charge in [-0.2, -0.15) is 0 Å². The molecule has 3 aromatic rings. The minimum atomic E-state index is -0.548. The maximum atomic E-state index is 6.54. The molecule has 4 rings (SSSR count). The van der Waals surface area contributed by atoms with E-state index in [0.717, 1.165) is 35.9 Å². The van der Waals surface area contributed by atoms with Crippen LogP contribution in [0.2, 0.25) is 0 Å². The van der Waals surface area contributed by atoms with E-state index in [1.54, 1.807) is 0 Å². The van der Waals surface area contributed by atoms with Gasteiger partial charge in [-0.05, 0) is 60.5 Å². The number of rotatable bonds is 1. The Kier molecular flexibility index (Phi) is 4.10. The van der Waals surface area contributed by atoms with Gasteiger partial charge >= 0.3 is 0 Å². The van der Waals surface area contributed by atoms with E-state index < -0.39 is 5.60 Å². The van der Waals surface area contributed by atoms with E-state index in [2.05, 4.69) is 109 Å². The second-order valence-corrected chi connectivity index (χ2v) is 8.72. The topological polar surface area (TPSA) is 9.23 Å². The summed E-state index contributed by atoms with van der Waals surface area (Å²) in [5, 5.41) is 0. The van der Waals surface area contributed by atoms with Crippen LogP contribution in [0.4, 0.5) is 0 Å². The number of hydrogen-bond donors (Lipinski definition) is 0. The molecule has 4 heteroatoms. The van der Waals surface area contributed by atoms with E-state index in [-0.39, 0.29) is 0 Å². The Morgan fingerprint density at radius 1 is 0.708 bits per heavy atom. The molecule has 1 aliphatic heterocycles. The van der Waals surface area contributed by atoms with Crippen molar-refractivity contribution in [1.82, 2.24) is 0 Å². The molecule has 24 heavy (non-hydrogen) atoms. The third-order valence-electron chi connectivity index (χ3n) is 4.44. The molecule has 1 nitrogen and oxygen atoms in total. The van der Waals surface area contributed by atoms with Crippen LogP contribution in [-0.2, 0) is 5.60 Å². The molecule has 1 heterocycles. The predicted molar refractivity (Wildman–Crippen MR) is 109 cm³/mol. The van der Waals surface area contributed by atoms with Crippen LogP contribution in [-0.4, -0.2) is 0 Å². The van der Waals surface area contributed by atoms with Crippen molar-refractivity contribution in [3.8, 4) is 16.9 Å². The first-order valence-corrected chi connectivity index (χ1v) is 9.90. The van der Waals surface area contributed by atoms with Gasteiger partial charge in [0.15, 0.2) is 5.60 Å². The molecular weight excluding hydrogens is 496 g/mol. The van der Waals surface area contributed by atoms with Crippen LogP contribution in [0.3, 0.4) is 0 Å². The molecule has 0 amide bonds. The van der Waals surface area contributed by atoms with Crippen molar-refractivity contribution in [2.75, 3.05) is 0 Å². The normalized spacial score (nSPS) is 18.5. The maximum Gasteiger partial charge on any atom is 0.157 e. The highest BCUT2D eigenvalue weighted by Crippen LogP contribution is 2.49. The van der Waals surface area contributed by atoms with Crippen LogP contribution in [0.15, 0.2) is 74.1 Å². The van der Waals surface area contributed by atoms with Gasteiger partial charge in [-0.3, -0.25) is 0 Å². The summed E-state index contributed by atoms with van der Waals surface area (Å²) in [4.78, 5) is 0. The monoisotopic (exact) mass is 506 g/mol. The number of benzene rings is 3. The quantitative estimate of drug-likeness (QED) is 0.335. The molecule has 0 radical (unpaired) electrons. The van der Waals surface area contributed by atoms with Crippen LogP contribution >= 0.6 is 47.8 Å². The summed E-state index contributed by atoms with van der Waals surface area (Å²) >= 11 is 10.7. The zero-order chi connectivity index (χ0) is 16.9. The molecule has 120 valence electrons. The van der Waals surface area contributed by atoms with Crippen molar-refractivity contribution < 1.29 is 4.74 Å². The van der Waals surface area contributed by atoms with E-state index >= 15 is 0 Å². The number of halogens is 3. The average molecular weight is 509 g/mol. The van der Waals surface area contributed by atoms with E-state index in [4.69, 9.17) is 4.74 Å². The van der Waals surface area contributed by atoms with Gasteiger partial charge in [0.05, 0.1) is 0 Å². The van der Waals surface area contributed by atoms with Gasteiger partial charge in [0.1, 0.15) is 5.75 Å². The van der Waals surface area contributed by atoms with E-state index in [1.165, 1.54) is 5.56 Å². The highest BCUT2D eigenvalue weighted by atomic mass is 79.9. The summed E-state index contributed by atoms with van der Waals surface area (Å²) in [6, 6.07) is 20.9. The molecule has 0 spiro atoms. The lowest BCUT2D eigenvalue weighted by molar-refractivity contribution is 0.129. The third-order valence-corrected chi connectivity index (χ3v) is 5.95. The lowest BCUT2D eigenvalue weighted by Gasteiger charge is -2.38. The summed E-state index contributed by atoms with van der Waals surface area (Å²) in [5.74, 6) is 0.893. The lowest BCUT2D eigenvalue weighted by atomic mass is 9.81. The highest BCUT2D eigenvalue weighted by molar-refractivity contribution is 9.11. The molecule has 0 saturated carbocycles. The Balaban J connectivity index is 2.00. The van der Waals surface area contributed by atoms with Crippen LogP contribution < -0.4 is 4.74 Å². The summed E-state index contributed by atoms with van der Waals surface area (Å²) in [6.45, 7) is 2.13. The van der Waals surface area contributed by atoms with Gasteiger partial charge in [0.25, 0.3) is 0 Å². The van der Waals surface area contributed by atoms with Gasteiger partial charge in [-0.1, -0.05) is 66.0 Å². The molecule has 0 aliphatic carbocycles. The van der Waals surface area contributed by atoms with Gasteiger partial charge < -0.3 is 4.74 Å². The highest BCUT2D eigenvalue weighted by Gasteiger charge is 2.38. The third kappa shape index (κ3) is 2.65. The number of fused-ring (bicyclic) bond motifs is 3. The molecule has 0 N–H and O–H groups in total. The molecular formula is C20H13Br3O. The van der Waals surface area contributed by atoms with Crippen LogP contribution in [0.1, 0.15) is 18.1 Å². The fourth-order valence-corrected chi connectivity index (χ4v) is 4.17. The molecule has 0 fully saturated rings. The Morgan fingerprint density at radius 2 is 1.29 bits per heavy atom. The first-order valence-electron chi connectivity index (χ1n) is 7.52. The SMILES string of the molecule is CC1(c2ccc(Br)cc2)Oc2cc(Br)ccc2-c2ccc(Br)cc21. The first kappa shape index (κ1) is 16.4. The standard InChI is InChI=1S/C20H13Br3O/c1-20(12-2-4-13(21)5-3-12)18-10-14(22)6-8-16(18)17-9-7-15(23)11-19(17)24-20/h2-11H,1H3. The molecule has 0 saturated heterocycles. The second-order valence-electron chi connectivity index (χ2n) is 5.97. The molecule has 0 aromatic heterocycles. The summed E-state index contributed by atoms with van der Waals surface area (Å²) in [6.07, 6.45) is 0. The molecule has 1 atom stereocenters. The zero-order valence-corrected chi connectivity index (χ0v) is 17.6. The van der Waals surface area contributed by atoms with E-state index in [0.29, 0.717) is 0 Å². The Morgan fingerprint density at radius 3 is 2.00 bits per heavy atom.